The molecule has 6 nitrogen and oxygen atoms in total. The van der Waals surface area contributed by atoms with E-state index >= 15 is 0 Å². The van der Waals surface area contributed by atoms with Gasteiger partial charge in [-0.2, -0.15) is 0 Å². The van der Waals surface area contributed by atoms with Crippen molar-refractivity contribution >= 4 is 5.97 Å². The van der Waals surface area contributed by atoms with Gasteiger partial charge in [0.1, 0.15) is 12.9 Å². The van der Waals surface area contributed by atoms with Crippen molar-refractivity contribution in [3.8, 4) is 0 Å². The number of hydrogen-bond donors (Lipinski definition) is 1. The van der Waals surface area contributed by atoms with E-state index in [2.05, 4.69) is 6.92 Å². The van der Waals surface area contributed by atoms with Crippen LogP contribution in [-0.2, 0) is 23.7 Å². The third-order valence-electron chi connectivity index (χ3n) is 2.97. The van der Waals surface area contributed by atoms with Crippen LogP contribution < -0.4 is 0 Å². The Morgan fingerprint density at radius 2 is 1.87 bits per heavy atom. The van der Waals surface area contributed by atoms with E-state index in [0.29, 0.717) is 13.2 Å². The molecule has 0 saturated carbocycles. The molecule has 0 aliphatic heterocycles. The minimum absolute atomic E-state index is 0.124. The molecule has 135 valence electrons. The summed E-state index contributed by atoms with van der Waals surface area (Å²) in [5.74, 6) is -0.408. The van der Waals surface area contributed by atoms with E-state index in [1.54, 1.807) is 7.11 Å². The first kappa shape index (κ1) is 22.1. The highest BCUT2D eigenvalue weighted by atomic mass is 16.7. The Hall–Kier alpha value is -0.950. The first-order valence-electron chi connectivity index (χ1n) is 8.16. The molecule has 0 aromatic rings. The number of methoxy groups -OCH3 is 1. The average molecular weight is 331 g/mol. The molecule has 0 bridgehead atoms. The molecule has 6 heteroatoms. The third kappa shape index (κ3) is 17.2. The van der Waals surface area contributed by atoms with Crippen LogP contribution in [0.15, 0.2) is 12.2 Å². The van der Waals surface area contributed by atoms with Crippen LogP contribution in [0, 0.1) is 6.92 Å². The third-order valence-corrected chi connectivity index (χ3v) is 2.97. The fourth-order valence-corrected chi connectivity index (χ4v) is 1.76. The lowest BCUT2D eigenvalue weighted by molar-refractivity contribution is -0.147. The van der Waals surface area contributed by atoms with E-state index in [0.717, 1.165) is 38.5 Å². The summed E-state index contributed by atoms with van der Waals surface area (Å²) in [5.41, 5.74) is 0. The zero-order chi connectivity index (χ0) is 17.2. The summed E-state index contributed by atoms with van der Waals surface area (Å²) in [4.78, 5) is 11.5. The van der Waals surface area contributed by atoms with Crippen molar-refractivity contribution in [1.82, 2.24) is 0 Å². The lowest BCUT2D eigenvalue weighted by atomic mass is 10.1. The maximum Gasteiger partial charge on any atom is 0.330 e. The van der Waals surface area contributed by atoms with Gasteiger partial charge in [-0.25, -0.2) is 4.79 Å². The number of carbonyl (C=O) groups excluding carboxylic acids is 1. The molecule has 0 heterocycles. The standard InChI is InChI=1S/C17H31O6/c1-16(14-22-15-21-13-12-20-2)23-17(19)10-8-6-4-3-5-7-9-11-18/h8,10,16,18H,1,3-7,9,11-15H2,2H3. The summed E-state index contributed by atoms with van der Waals surface area (Å²) < 4.78 is 20.2. The molecule has 1 atom stereocenters. The molecule has 0 rings (SSSR count). The molecule has 0 saturated heterocycles. The summed E-state index contributed by atoms with van der Waals surface area (Å²) in [6.45, 7) is 5.25. The van der Waals surface area contributed by atoms with Crippen LogP contribution in [0.1, 0.15) is 38.5 Å². The van der Waals surface area contributed by atoms with Gasteiger partial charge in [0.25, 0.3) is 0 Å². The monoisotopic (exact) mass is 331 g/mol. The quantitative estimate of drug-likeness (QED) is 0.202. The largest absolute Gasteiger partial charge is 0.457 e. The molecule has 0 spiro atoms. The number of hydrogen-bond acceptors (Lipinski definition) is 6. The van der Waals surface area contributed by atoms with Gasteiger partial charge >= 0.3 is 5.97 Å². The highest BCUT2D eigenvalue weighted by Gasteiger charge is 2.06. The highest BCUT2D eigenvalue weighted by Crippen LogP contribution is 2.05. The summed E-state index contributed by atoms with van der Waals surface area (Å²) >= 11 is 0. The van der Waals surface area contributed by atoms with E-state index in [4.69, 9.17) is 24.1 Å². The van der Waals surface area contributed by atoms with Gasteiger partial charge in [0, 0.05) is 19.8 Å². The Balaban J connectivity index is 3.47. The Morgan fingerprint density at radius 3 is 2.61 bits per heavy atom. The maximum absolute atomic E-state index is 11.5. The highest BCUT2D eigenvalue weighted by molar-refractivity contribution is 5.82. The molecule has 0 aromatic carbocycles. The lowest BCUT2D eigenvalue weighted by Gasteiger charge is -2.12. The number of rotatable bonds is 16. The predicted octanol–water partition coefficient (Wildman–Crippen LogP) is 2.26. The second kappa shape index (κ2) is 17.4. The molecule has 0 amide bonds. The number of aliphatic hydroxyl groups excluding tert-OH is 1. The predicted molar refractivity (Wildman–Crippen MR) is 87.8 cm³/mol. The summed E-state index contributed by atoms with van der Waals surface area (Å²) in [7, 11) is 1.60. The van der Waals surface area contributed by atoms with Crippen LogP contribution >= 0.6 is 0 Å². The zero-order valence-corrected chi connectivity index (χ0v) is 14.2. The number of carbonyl (C=O) groups is 1. The molecular weight excluding hydrogens is 300 g/mol. The van der Waals surface area contributed by atoms with Crippen LogP contribution in [0.3, 0.4) is 0 Å². The summed E-state index contributed by atoms with van der Waals surface area (Å²) in [6, 6.07) is 0. The van der Waals surface area contributed by atoms with E-state index in [9.17, 15) is 4.79 Å². The van der Waals surface area contributed by atoms with Crippen LogP contribution in [0.25, 0.3) is 0 Å². The van der Waals surface area contributed by atoms with Gasteiger partial charge in [-0.1, -0.05) is 25.3 Å². The molecular formula is C17H31O6. The Morgan fingerprint density at radius 1 is 1.13 bits per heavy atom. The Bertz CT molecular complexity index is 293. The van der Waals surface area contributed by atoms with Crippen LogP contribution in [-0.4, -0.2) is 57.5 Å². The smallest absolute Gasteiger partial charge is 0.330 e. The number of ether oxygens (including phenoxy) is 4. The van der Waals surface area contributed by atoms with Crippen LogP contribution in [0.4, 0.5) is 0 Å². The summed E-state index contributed by atoms with van der Waals surface area (Å²) in [6.07, 6.45) is 8.71. The molecule has 0 aromatic heterocycles. The number of unbranched alkanes of at least 4 members (excludes halogenated alkanes) is 5. The number of allylic oxidation sites excluding steroid dienone is 1. The molecule has 0 fully saturated rings. The number of esters is 1. The zero-order valence-electron chi connectivity index (χ0n) is 14.2. The van der Waals surface area contributed by atoms with E-state index in [1.807, 2.05) is 6.08 Å². The summed E-state index contributed by atoms with van der Waals surface area (Å²) in [5, 5.41) is 8.65. The van der Waals surface area contributed by atoms with Gasteiger partial charge in [-0.15, -0.1) is 0 Å². The van der Waals surface area contributed by atoms with Crippen molar-refractivity contribution in [2.45, 2.75) is 44.6 Å². The molecule has 1 radical (unpaired) electrons. The van der Waals surface area contributed by atoms with Gasteiger partial charge in [-0.3, -0.25) is 0 Å². The Labute approximate surface area is 139 Å². The van der Waals surface area contributed by atoms with Gasteiger partial charge in [0.15, 0.2) is 0 Å². The molecule has 1 N–H and O–H groups in total. The molecule has 0 aliphatic carbocycles. The van der Waals surface area contributed by atoms with Gasteiger partial charge in [0.05, 0.1) is 19.8 Å². The maximum atomic E-state index is 11.5. The van der Waals surface area contributed by atoms with E-state index < -0.39 is 12.1 Å². The van der Waals surface area contributed by atoms with E-state index in [-0.39, 0.29) is 20.0 Å². The fraction of sp³-hybridized carbons (Fsp3) is 0.765. The molecule has 1 unspecified atom stereocenters. The van der Waals surface area contributed by atoms with Gasteiger partial charge in [0.2, 0.25) is 0 Å². The Kier molecular flexibility index (Phi) is 16.7. The minimum atomic E-state index is -0.559. The lowest BCUT2D eigenvalue weighted by Crippen LogP contribution is -2.20. The first-order chi connectivity index (χ1) is 11.2. The van der Waals surface area contributed by atoms with Crippen molar-refractivity contribution in [1.29, 1.82) is 0 Å². The van der Waals surface area contributed by atoms with E-state index in [1.165, 1.54) is 6.08 Å². The van der Waals surface area contributed by atoms with Crippen molar-refractivity contribution in [3.05, 3.63) is 19.1 Å². The topological polar surface area (TPSA) is 74.2 Å². The fourth-order valence-electron chi connectivity index (χ4n) is 1.76. The van der Waals surface area contributed by atoms with Crippen molar-refractivity contribution in [2.24, 2.45) is 0 Å². The average Bonchev–Trinajstić information content (AvgIpc) is 2.53. The van der Waals surface area contributed by atoms with Gasteiger partial charge < -0.3 is 24.1 Å². The normalized spacial score (nSPS) is 12.7. The molecule has 23 heavy (non-hydrogen) atoms. The minimum Gasteiger partial charge on any atom is -0.457 e. The second-order valence-corrected chi connectivity index (χ2v) is 5.13. The van der Waals surface area contributed by atoms with Crippen molar-refractivity contribution in [2.75, 3.05) is 40.3 Å². The van der Waals surface area contributed by atoms with Crippen LogP contribution in [0.2, 0.25) is 0 Å². The van der Waals surface area contributed by atoms with Crippen LogP contribution in [0.5, 0.6) is 0 Å². The SMILES string of the molecule is [CH2]C(COCOCCOC)OC(=O)C=CCCCCCCCO. The van der Waals surface area contributed by atoms with Crippen molar-refractivity contribution in [3.63, 3.8) is 0 Å². The second-order valence-electron chi connectivity index (χ2n) is 5.13. The molecule has 0 aliphatic rings. The van der Waals surface area contributed by atoms with Gasteiger partial charge in [-0.05, 0) is 26.2 Å². The van der Waals surface area contributed by atoms with Crippen molar-refractivity contribution < 1.29 is 28.8 Å². The first-order valence-corrected chi connectivity index (χ1v) is 8.16. The number of aliphatic hydroxyl groups is 1.